The SMILES string of the molecule is CC1C(N)CCC1Cc1cc(F)ccc1Br. The molecule has 3 unspecified atom stereocenters. The minimum atomic E-state index is -0.159. The highest BCUT2D eigenvalue weighted by Gasteiger charge is 2.30. The molecule has 1 aromatic carbocycles. The number of benzene rings is 1. The molecule has 0 aromatic heterocycles. The Morgan fingerprint density at radius 3 is 2.81 bits per heavy atom. The van der Waals surface area contributed by atoms with E-state index < -0.39 is 0 Å². The van der Waals surface area contributed by atoms with Crippen LogP contribution in [0.15, 0.2) is 22.7 Å². The van der Waals surface area contributed by atoms with E-state index in [1.807, 2.05) is 0 Å². The molecule has 0 saturated heterocycles. The van der Waals surface area contributed by atoms with Crippen molar-refractivity contribution >= 4 is 15.9 Å². The predicted molar refractivity (Wildman–Crippen MR) is 67.7 cm³/mol. The van der Waals surface area contributed by atoms with Gasteiger partial charge in [-0.15, -0.1) is 0 Å². The molecule has 1 aliphatic rings. The van der Waals surface area contributed by atoms with Crippen molar-refractivity contribution in [2.45, 2.75) is 32.2 Å². The van der Waals surface area contributed by atoms with E-state index in [0.29, 0.717) is 17.9 Å². The van der Waals surface area contributed by atoms with Gasteiger partial charge in [0.2, 0.25) is 0 Å². The average Bonchev–Trinajstić information content (AvgIpc) is 2.55. The molecule has 0 aliphatic heterocycles. The van der Waals surface area contributed by atoms with Gasteiger partial charge in [-0.25, -0.2) is 4.39 Å². The Kier molecular flexibility index (Phi) is 3.65. The lowest BCUT2D eigenvalue weighted by Gasteiger charge is -2.18. The van der Waals surface area contributed by atoms with E-state index >= 15 is 0 Å². The summed E-state index contributed by atoms with van der Waals surface area (Å²) in [6.07, 6.45) is 3.18. The Morgan fingerprint density at radius 2 is 2.19 bits per heavy atom. The molecule has 3 heteroatoms. The Bertz CT molecular complexity index is 380. The molecule has 2 rings (SSSR count). The van der Waals surface area contributed by atoms with Gasteiger partial charge in [0.1, 0.15) is 5.82 Å². The lowest BCUT2D eigenvalue weighted by molar-refractivity contribution is 0.389. The molecule has 0 amide bonds. The standard InChI is InChI=1S/C13H17BrFN/c1-8-9(2-5-13(8)16)6-10-7-11(15)3-4-12(10)14/h3-4,7-9,13H,2,5-6,16H2,1H3. The average molecular weight is 286 g/mol. The van der Waals surface area contributed by atoms with E-state index in [9.17, 15) is 4.39 Å². The second-order valence-electron chi connectivity index (χ2n) is 4.80. The van der Waals surface area contributed by atoms with Crippen molar-refractivity contribution in [3.63, 3.8) is 0 Å². The van der Waals surface area contributed by atoms with Crippen LogP contribution in [0.1, 0.15) is 25.3 Å². The van der Waals surface area contributed by atoms with Crippen molar-refractivity contribution < 1.29 is 4.39 Å². The fourth-order valence-electron chi connectivity index (χ4n) is 2.55. The molecule has 16 heavy (non-hydrogen) atoms. The van der Waals surface area contributed by atoms with Crippen LogP contribution in [0.5, 0.6) is 0 Å². The van der Waals surface area contributed by atoms with Crippen LogP contribution < -0.4 is 5.73 Å². The summed E-state index contributed by atoms with van der Waals surface area (Å²) in [6.45, 7) is 2.20. The number of hydrogen-bond donors (Lipinski definition) is 1. The summed E-state index contributed by atoms with van der Waals surface area (Å²) in [4.78, 5) is 0. The number of halogens is 2. The highest BCUT2D eigenvalue weighted by Crippen LogP contribution is 2.34. The first-order valence-corrected chi connectivity index (χ1v) is 6.56. The lowest BCUT2D eigenvalue weighted by Crippen LogP contribution is -2.25. The van der Waals surface area contributed by atoms with Gasteiger partial charge >= 0.3 is 0 Å². The van der Waals surface area contributed by atoms with Gasteiger partial charge in [0.25, 0.3) is 0 Å². The maximum Gasteiger partial charge on any atom is 0.123 e. The highest BCUT2D eigenvalue weighted by atomic mass is 79.9. The molecule has 1 aromatic rings. The van der Waals surface area contributed by atoms with E-state index in [0.717, 1.165) is 29.3 Å². The van der Waals surface area contributed by atoms with Gasteiger partial charge in [0, 0.05) is 10.5 Å². The molecule has 1 saturated carbocycles. The maximum atomic E-state index is 13.1. The molecule has 1 aliphatic carbocycles. The van der Waals surface area contributed by atoms with Crippen molar-refractivity contribution in [3.05, 3.63) is 34.1 Å². The van der Waals surface area contributed by atoms with E-state index in [2.05, 4.69) is 22.9 Å². The first-order valence-electron chi connectivity index (χ1n) is 5.77. The zero-order valence-electron chi connectivity index (χ0n) is 9.42. The monoisotopic (exact) mass is 285 g/mol. The van der Waals surface area contributed by atoms with Gasteiger partial charge < -0.3 is 5.73 Å². The molecular weight excluding hydrogens is 269 g/mol. The Hall–Kier alpha value is -0.410. The normalized spacial score (nSPS) is 29.6. The summed E-state index contributed by atoms with van der Waals surface area (Å²) < 4.78 is 14.2. The smallest absolute Gasteiger partial charge is 0.123 e. The molecule has 0 bridgehead atoms. The van der Waals surface area contributed by atoms with Crippen molar-refractivity contribution in [3.8, 4) is 0 Å². The molecule has 0 radical (unpaired) electrons. The third-order valence-electron chi connectivity index (χ3n) is 3.78. The van der Waals surface area contributed by atoms with Crippen LogP contribution >= 0.6 is 15.9 Å². The van der Waals surface area contributed by atoms with Gasteiger partial charge in [-0.1, -0.05) is 22.9 Å². The number of nitrogens with two attached hydrogens (primary N) is 1. The quantitative estimate of drug-likeness (QED) is 0.884. The summed E-state index contributed by atoms with van der Waals surface area (Å²) in [6, 6.07) is 5.21. The Labute approximate surface area is 104 Å². The molecule has 0 heterocycles. The third-order valence-corrected chi connectivity index (χ3v) is 4.55. The third kappa shape index (κ3) is 2.46. The highest BCUT2D eigenvalue weighted by molar-refractivity contribution is 9.10. The van der Waals surface area contributed by atoms with E-state index in [-0.39, 0.29) is 5.82 Å². The maximum absolute atomic E-state index is 13.1. The minimum Gasteiger partial charge on any atom is -0.327 e. The first-order chi connectivity index (χ1) is 7.58. The van der Waals surface area contributed by atoms with E-state index in [1.54, 1.807) is 12.1 Å². The van der Waals surface area contributed by atoms with Crippen LogP contribution in [0.2, 0.25) is 0 Å². The summed E-state index contributed by atoms with van der Waals surface area (Å²) in [5.41, 5.74) is 7.07. The van der Waals surface area contributed by atoms with Gasteiger partial charge in [-0.2, -0.15) is 0 Å². The van der Waals surface area contributed by atoms with Crippen LogP contribution in [0, 0.1) is 17.7 Å². The first kappa shape index (κ1) is 12.1. The molecule has 0 spiro atoms. The second kappa shape index (κ2) is 4.84. The van der Waals surface area contributed by atoms with Crippen LogP contribution in [0.3, 0.4) is 0 Å². The van der Waals surface area contributed by atoms with Crippen LogP contribution in [-0.2, 0) is 6.42 Å². The largest absolute Gasteiger partial charge is 0.327 e. The van der Waals surface area contributed by atoms with Gasteiger partial charge in [0.15, 0.2) is 0 Å². The molecular formula is C13H17BrFN. The molecule has 88 valence electrons. The van der Waals surface area contributed by atoms with Crippen molar-refractivity contribution in [2.24, 2.45) is 17.6 Å². The minimum absolute atomic E-state index is 0.159. The summed E-state index contributed by atoms with van der Waals surface area (Å²) in [5.74, 6) is 0.969. The van der Waals surface area contributed by atoms with Crippen LogP contribution in [-0.4, -0.2) is 6.04 Å². The van der Waals surface area contributed by atoms with Crippen molar-refractivity contribution in [2.75, 3.05) is 0 Å². The van der Waals surface area contributed by atoms with E-state index in [1.165, 1.54) is 6.07 Å². The molecule has 2 N–H and O–H groups in total. The number of hydrogen-bond acceptors (Lipinski definition) is 1. The zero-order valence-corrected chi connectivity index (χ0v) is 11.0. The molecule has 1 fully saturated rings. The lowest BCUT2D eigenvalue weighted by atomic mass is 9.90. The summed E-state index contributed by atoms with van der Waals surface area (Å²) in [5, 5.41) is 0. The van der Waals surface area contributed by atoms with Crippen LogP contribution in [0.4, 0.5) is 4.39 Å². The predicted octanol–water partition coefficient (Wildman–Crippen LogP) is 3.50. The zero-order chi connectivity index (χ0) is 11.7. The summed E-state index contributed by atoms with van der Waals surface area (Å²) in [7, 11) is 0. The van der Waals surface area contributed by atoms with Gasteiger partial charge in [-0.3, -0.25) is 0 Å². The second-order valence-corrected chi connectivity index (χ2v) is 5.65. The Balaban J connectivity index is 2.12. The Morgan fingerprint density at radius 1 is 1.44 bits per heavy atom. The van der Waals surface area contributed by atoms with Crippen molar-refractivity contribution in [1.29, 1.82) is 0 Å². The van der Waals surface area contributed by atoms with Gasteiger partial charge in [-0.05, 0) is 54.9 Å². The topological polar surface area (TPSA) is 26.0 Å². The van der Waals surface area contributed by atoms with E-state index in [4.69, 9.17) is 5.73 Å². The fourth-order valence-corrected chi connectivity index (χ4v) is 2.96. The molecule has 3 atom stereocenters. The fraction of sp³-hybridized carbons (Fsp3) is 0.538. The summed E-state index contributed by atoms with van der Waals surface area (Å²) >= 11 is 3.47. The number of rotatable bonds is 2. The molecule has 1 nitrogen and oxygen atoms in total. The van der Waals surface area contributed by atoms with Gasteiger partial charge in [0.05, 0.1) is 0 Å². The van der Waals surface area contributed by atoms with Crippen molar-refractivity contribution in [1.82, 2.24) is 0 Å². The van der Waals surface area contributed by atoms with Crippen LogP contribution in [0.25, 0.3) is 0 Å².